The summed E-state index contributed by atoms with van der Waals surface area (Å²) in [6.45, 7) is 0.925. The van der Waals surface area contributed by atoms with Gasteiger partial charge in [-0.25, -0.2) is 4.98 Å². The van der Waals surface area contributed by atoms with E-state index in [1.807, 2.05) is 0 Å². The van der Waals surface area contributed by atoms with E-state index in [0.717, 1.165) is 0 Å². The molecule has 0 aliphatic heterocycles. The number of hydrogen-bond acceptors (Lipinski definition) is 6. The van der Waals surface area contributed by atoms with Gasteiger partial charge < -0.3 is 14.5 Å². The Morgan fingerprint density at radius 1 is 1.48 bits per heavy atom. The molecule has 0 saturated heterocycles. The fraction of sp³-hybridized carbons (Fsp3) is 0.308. The number of carbonyl (C=O) groups excluding carboxylic acids is 2. The molecule has 2 aromatic rings. The van der Waals surface area contributed by atoms with Crippen LogP contribution in [0.1, 0.15) is 16.2 Å². The molecule has 2 rings (SSSR count). The van der Waals surface area contributed by atoms with E-state index in [2.05, 4.69) is 15.6 Å². The number of nitrogens with zero attached hydrogens (tertiary/aromatic N) is 1. The minimum Gasteiger partial charge on any atom is -0.459 e. The first-order chi connectivity index (χ1) is 10.2. The van der Waals surface area contributed by atoms with Crippen molar-refractivity contribution in [2.75, 3.05) is 25.6 Å². The Morgan fingerprint density at radius 3 is 3.05 bits per heavy atom. The van der Waals surface area contributed by atoms with E-state index >= 15 is 0 Å². The van der Waals surface area contributed by atoms with Crippen LogP contribution in [0.5, 0.6) is 0 Å². The molecule has 0 aliphatic carbocycles. The predicted octanol–water partition coefficient (Wildman–Crippen LogP) is 1.29. The van der Waals surface area contributed by atoms with Crippen molar-refractivity contribution in [2.45, 2.75) is 6.42 Å². The van der Waals surface area contributed by atoms with Crippen molar-refractivity contribution in [2.24, 2.45) is 0 Å². The van der Waals surface area contributed by atoms with E-state index in [4.69, 9.17) is 9.15 Å². The van der Waals surface area contributed by atoms with Crippen LogP contribution in [-0.2, 0) is 16.0 Å². The fourth-order valence-corrected chi connectivity index (χ4v) is 2.24. The van der Waals surface area contributed by atoms with Crippen molar-refractivity contribution in [3.8, 4) is 0 Å². The molecule has 0 saturated carbocycles. The van der Waals surface area contributed by atoms with Crippen LogP contribution in [0.4, 0.5) is 5.13 Å². The molecule has 2 amide bonds. The van der Waals surface area contributed by atoms with Crippen LogP contribution in [0.15, 0.2) is 28.2 Å². The number of furan rings is 1. The van der Waals surface area contributed by atoms with Gasteiger partial charge in [-0.2, -0.15) is 0 Å². The Balaban J connectivity index is 1.84. The zero-order chi connectivity index (χ0) is 15.1. The molecule has 0 aromatic carbocycles. The van der Waals surface area contributed by atoms with E-state index in [9.17, 15) is 9.59 Å². The second kappa shape index (κ2) is 7.55. The average Bonchev–Trinajstić information content (AvgIpc) is 3.10. The van der Waals surface area contributed by atoms with Crippen molar-refractivity contribution in [3.63, 3.8) is 0 Å². The molecule has 2 aromatic heterocycles. The highest BCUT2D eigenvalue weighted by Gasteiger charge is 2.12. The second-order valence-electron chi connectivity index (χ2n) is 4.09. The molecule has 0 atom stereocenters. The van der Waals surface area contributed by atoms with Crippen LogP contribution in [0.25, 0.3) is 0 Å². The molecule has 0 aliphatic rings. The summed E-state index contributed by atoms with van der Waals surface area (Å²) in [5.74, 6) is -0.296. The smallest absolute Gasteiger partial charge is 0.293 e. The predicted molar refractivity (Wildman–Crippen MR) is 77.4 cm³/mol. The van der Waals surface area contributed by atoms with E-state index < -0.39 is 0 Å². The van der Waals surface area contributed by atoms with E-state index in [1.54, 1.807) is 24.6 Å². The molecule has 0 bridgehead atoms. The molecule has 112 valence electrons. The van der Waals surface area contributed by atoms with Gasteiger partial charge in [0.2, 0.25) is 5.91 Å². The fourth-order valence-electron chi connectivity index (χ4n) is 1.53. The van der Waals surface area contributed by atoms with Crippen LogP contribution in [0, 0.1) is 0 Å². The van der Waals surface area contributed by atoms with Gasteiger partial charge in [0.15, 0.2) is 10.9 Å². The molecule has 0 unspecified atom stereocenters. The second-order valence-corrected chi connectivity index (χ2v) is 4.95. The summed E-state index contributed by atoms with van der Waals surface area (Å²) in [6, 6.07) is 3.19. The van der Waals surface area contributed by atoms with Gasteiger partial charge in [0.25, 0.3) is 5.91 Å². The summed E-state index contributed by atoms with van der Waals surface area (Å²) in [6.07, 6.45) is 1.59. The maximum atomic E-state index is 11.7. The minimum absolute atomic E-state index is 0.138. The van der Waals surface area contributed by atoms with Crippen molar-refractivity contribution in [1.82, 2.24) is 10.3 Å². The van der Waals surface area contributed by atoms with Crippen LogP contribution in [0.2, 0.25) is 0 Å². The van der Waals surface area contributed by atoms with E-state index in [0.29, 0.717) is 24.0 Å². The zero-order valence-corrected chi connectivity index (χ0v) is 12.2. The summed E-state index contributed by atoms with van der Waals surface area (Å²) < 4.78 is 9.82. The molecule has 7 nitrogen and oxygen atoms in total. The van der Waals surface area contributed by atoms with Crippen LogP contribution >= 0.6 is 11.3 Å². The van der Waals surface area contributed by atoms with Gasteiger partial charge in [-0.15, -0.1) is 11.3 Å². The number of ether oxygens (including phenoxy) is 1. The number of thiazole rings is 1. The van der Waals surface area contributed by atoms with Gasteiger partial charge in [0.05, 0.1) is 25.0 Å². The van der Waals surface area contributed by atoms with Crippen molar-refractivity contribution >= 4 is 28.3 Å². The monoisotopic (exact) mass is 309 g/mol. The van der Waals surface area contributed by atoms with Crippen LogP contribution in [-0.4, -0.2) is 37.1 Å². The zero-order valence-electron chi connectivity index (χ0n) is 11.4. The average molecular weight is 309 g/mol. The van der Waals surface area contributed by atoms with Gasteiger partial charge in [-0.05, 0) is 12.1 Å². The summed E-state index contributed by atoms with van der Waals surface area (Å²) in [7, 11) is 1.57. The normalized spacial score (nSPS) is 10.3. The van der Waals surface area contributed by atoms with Crippen LogP contribution in [0.3, 0.4) is 0 Å². The van der Waals surface area contributed by atoms with Gasteiger partial charge in [-0.3, -0.25) is 14.9 Å². The molecule has 0 radical (unpaired) electrons. The first-order valence-electron chi connectivity index (χ1n) is 6.24. The largest absolute Gasteiger partial charge is 0.459 e. The lowest BCUT2D eigenvalue weighted by Gasteiger charge is -2.02. The number of methoxy groups -OCH3 is 1. The number of nitrogens with one attached hydrogen (secondary N) is 2. The first kappa shape index (κ1) is 15.2. The maximum absolute atomic E-state index is 11.7. The van der Waals surface area contributed by atoms with E-state index in [1.165, 1.54) is 17.6 Å². The van der Waals surface area contributed by atoms with E-state index in [-0.39, 0.29) is 24.0 Å². The minimum atomic E-state index is -0.370. The lowest BCUT2D eigenvalue weighted by atomic mass is 10.3. The van der Waals surface area contributed by atoms with Crippen molar-refractivity contribution in [1.29, 1.82) is 0 Å². The highest BCUT2D eigenvalue weighted by molar-refractivity contribution is 7.14. The highest BCUT2D eigenvalue weighted by Crippen LogP contribution is 2.17. The Morgan fingerprint density at radius 2 is 2.33 bits per heavy atom. The summed E-state index contributed by atoms with van der Waals surface area (Å²) >= 11 is 1.26. The molecule has 0 spiro atoms. The summed E-state index contributed by atoms with van der Waals surface area (Å²) in [5, 5.41) is 7.47. The quantitative estimate of drug-likeness (QED) is 0.752. The standard InChI is InChI=1S/C13H15N3O4S/c1-19-6-4-14-11(17)7-9-8-21-13(15-9)16-12(18)10-3-2-5-20-10/h2-3,5,8H,4,6-7H2,1H3,(H,14,17)(H,15,16,18). The Bertz CT molecular complexity index is 594. The van der Waals surface area contributed by atoms with Gasteiger partial charge in [0.1, 0.15) is 0 Å². The number of carbonyl (C=O) groups is 2. The number of amides is 2. The molecular weight excluding hydrogens is 294 g/mol. The van der Waals surface area contributed by atoms with Crippen LogP contribution < -0.4 is 10.6 Å². The lowest BCUT2D eigenvalue weighted by molar-refractivity contribution is -0.120. The third-order valence-electron chi connectivity index (χ3n) is 2.49. The number of hydrogen-bond donors (Lipinski definition) is 2. The number of aromatic nitrogens is 1. The molecule has 2 N–H and O–H groups in total. The number of anilines is 1. The SMILES string of the molecule is COCCNC(=O)Cc1csc(NC(=O)c2ccco2)n1. The Kier molecular flexibility index (Phi) is 5.47. The highest BCUT2D eigenvalue weighted by atomic mass is 32.1. The molecular formula is C13H15N3O4S. The number of rotatable bonds is 7. The first-order valence-corrected chi connectivity index (χ1v) is 7.12. The van der Waals surface area contributed by atoms with Gasteiger partial charge in [-0.1, -0.05) is 0 Å². The van der Waals surface area contributed by atoms with Crippen molar-refractivity contribution < 1.29 is 18.7 Å². The third-order valence-corrected chi connectivity index (χ3v) is 3.29. The van der Waals surface area contributed by atoms with Gasteiger partial charge in [0, 0.05) is 19.0 Å². The van der Waals surface area contributed by atoms with Crippen molar-refractivity contribution in [3.05, 3.63) is 35.2 Å². The lowest BCUT2D eigenvalue weighted by Crippen LogP contribution is -2.28. The third kappa shape index (κ3) is 4.69. The molecule has 21 heavy (non-hydrogen) atoms. The Hall–Kier alpha value is -2.19. The summed E-state index contributed by atoms with van der Waals surface area (Å²) in [4.78, 5) is 27.5. The maximum Gasteiger partial charge on any atom is 0.293 e. The van der Waals surface area contributed by atoms with Gasteiger partial charge >= 0.3 is 0 Å². The molecule has 2 heterocycles. The summed E-state index contributed by atoms with van der Waals surface area (Å²) in [5.41, 5.74) is 0.602. The Labute approximate surface area is 125 Å². The molecule has 8 heteroatoms. The molecule has 0 fully saturated rings. The topological polar surface area (TPSA) is 93.5 Å².